The Morgan fingerprint density at radius 2 is 2.00 bits per heavy atom. The lowest BCUT2D eigenvalue weighted by atomic mass is 10.0. The van der Waals surface area contributed by atoms with Crippen molar-refractivity contribution in [2.75, 3.05) is 6.54 Å². The highest BCUT2D eigenvalue weighted by molar-refractivity contribution is 5.94. The molecule has 0 amide bonds. The van der Waals surface area contributed by atoms with Gasteiger partial charge in [-0.2, -0.15) is 0 Å². The minimum Gasteiger partial charge on any atom is -0.481 e. The molecule has 0 fully saturated rings. The van der Waals surface area contributed by atoms with Crippen molar-refractivity contribution in [1.29, 1.82) is 0 Å². The molecule has 2 rings (SSSR count). The Balaban J connectivity index is 1.95. The summed E-state index contributed by atoms with van der Waals surface area (Å²) in [5.41, 5.74) is 3.19. The molecule has 0 spiro atoms. The number of benzene rings is 1. The van der Waals surface area contributed by atoms with Crippen molar-refractivity contribution < 1.29 is 14.7 Å². The third kappa shape index (κ3) is 2.96. The van der Waals surface area contributed by atoms with E-state index in [4.69, 9.17) is 5.11 Å². The topological polar surface area (TPSA) is 57.6 Å². The zero-order valence-corrected chi connectivity index (χ0v) is 10.5. The predicted octanol–water partition coefficient (Wildman–Crippen LogP) is 2.07. The SMILES string of the molecule is CC(=O)c1ccc2c(c1)CN(CCCC(=O)O)C2. The molecule has 0 aliphatic carbocycles. The minimum atomic E-state index is -0.745. The fourth-order valence-electron chi connectivity index (χ4n) is 2.30. The summed E-state index contributed by atoms with van der Waals surface area (Å²) < 4.78 is 0. The van der Waals surface area contributed by atoms with Crippen LogP contribution in [0.1, 0.15) is 41.3 Å². The molecule has 1 aliphatic rings. The van der Waals surface area contributed by atoms with Gasteiger partial charge in [0.1, 0.15) is 0 Å². The molecule has 0 saturated heterocycles. The maximum Gasteiger partial charge on any atom is 0.303 e. The van der Waals surface area contributed by atoms with E-state index in [2.05, 4.69) is 4.90 Å². The smallest absolute Gasteiger partial charge is 0.303 e. The lowest BCUT2D eigenvalue weighted by molar-refractivity contribution is -0.137. The maximum atomic E-state index is 11.3. The van der Waals surface area contributed by atoms with E-state index in [0.717, 1.165) is 25.2 Å². The standard InChI is InChI=1S/C14H17NO3/c1-10(16)11-4-5-12-8-15(9-13(12)7-11)6-2-3-14(17)18/h4-5,7H,2-3,6,8-9H2,1H3,(H,17,18). The fraction of sp³-hybridized carbons (Fsp3) is 0.429. The molecule has 0 unspecified atom stereocenters. The number of Topliss-reactive ketones (excluding diaryl/α,β-unsaturated/α-hetero) is 1. The zero-order valence-electron chi connectivity index (χ0n) is 10.5. The molecule has 0 saturated carbocycles. The van der Waals surface area contributed by atoms with E-state index in [0.29, 0.717) is 6.42 Å². The molecule has 0 radical (unpaired) electrons. The third-order valence-electron chi connectivity index (χ3n) is 3.27. The van der Waals surface area contributed by atoms with Crippen molar-refractivity contribution in [2.24, 2.45) is 0 Å². The highest BCUT2D eigenvalue weighted by atomic mass is 16.4. The van der Waals surface area contributed by atoms with Gasteiger partial charge in [0.05, 0.1) is 0 Å². The summed E-state index contributed by atoms with van der Waals surface area (Å²) in [5.74, 6) is -0.660. The number of nitrogens with zero attached hydrogens (tertiary/aromatic N) is 1. The monoisotopic (exact) mass is 247 g/mol. The minimum absolute atomic E-state index is 0.0853. The van der Waals surface area contributed by atoms with E-state index in [1.165, 1.54) is 11.1 Å². The molecule has 1 aliphatic heterocycles. The molecule has 1 N–H and O–H groups in total. The Morgan fingerprint density at radius 3 is 2.67 bits per heavy atom. The number of fused-ring (bicyclic) bond motifs is 1. The van der Waals surface area contributed by atoms with Crippen molar-refractivity contribution in [3.8, 4) is 0 Å². The lowest BCUT2D eigenvalue weighted by Crippen LogP contribution is -2.18. The first-order chi connectivity index (χ1) is 8.56. The number of hydrogen-bond donors (Lipinski definition) is 1. The highest BCUT2D eigenvalue weighted by Gasteiger charge is 2.19. The molecule has 1 heterocycles. The molecule has 0 aromatic heterocycles. The molecule has 0 bridgehead atoms. The first-order valence-electron chi connectivity index (χ1n) is 6.13. The summed E-state index contributed by atoms with van der Waals surface area (Å²) in [4.78, 5) is 24.0. The normalized spacial score (nSPS) is 14.5. The van der Waals surface area contributed by atoms with Crippen LogP contribution in [0.5, 0.6) is 0 Å². The average Bonchev–Trinajstić information content (AvgIpc) is 2.69. The second-order valence-corrected chi connectivity index (χ2v) is 4.75. The van der Waals surface area contributed by atoms with Gasteiger partial charge in [-0.05, 0) is 37.1 Å². The number of rotatable bonds is 5. The van der Waals surface area contributed by atoms with Gasteiger partial charge in [-0.25, -0.2) is 0 Å². The van der Waals surface area contributed by atoms with Crippen molar-refractivity contribution >= 4 is 11.8 Å². The summed E-state index contributed by atoms with van der Waals surface area (Å²) in [6.45, 7) is 4.03. The van der Waals surface area contributed by atoms with Crippen molar-refractivity contribution in [2.45, 2.75) is 32.9 Å². The van der Waals surface area contributed by atoms with Gasteiger partial charge >= 0.3 is 5.97 Å². The molecule has 1 aromatic carbocycles. The number of aliphatic carboxylic acids is 1. The van der Waals surface area contributed by atoms with Gasteiger partial charge < -0.3 is 5.11 Å². The van der Waals surface area contributed by atoms with Crippen LogP contribution in [0.25, 0.3) is 0 Å². The zero-order chi connectivity index (χ0) is 13.1. The largest absolute Gasteiger partial charge is 0.481 e. The summed E-state index contributed by atoms with van der Waals surface area (Å²) in [7, 11) is 0. The van der Waals surface area contributed by atoms with Crippen LogP contribution in [0, 0.1) is 0 Å². The van der Waals surface area contributed by atoms with Gasteiger partial charge in [0.15, 0.2) is 5.78 Å². The second-order valence-electron chi connectivity index (χ2n) is 4.75. The van der Waals surface area contributed by atoms with E-state index >= 15 is 0 Å². The number of carboxylic acids is 1. The Bertz CT molecular complexity index is 482. The number of ketones is 1. The van der Waals surface area contributed by atoms with Gasteiger partial charge in [0.25, 0.3) is 0 Å². The number of carbonyl (C=O) groups excluding carboxylic acids is 1. The van der Waals surface area contributed by atoms with E-state index in [9.17, 15) is 9.59 Å². The van der Waals surface area contributed by atoms with Crippen LogP contribution >= 0.6 is 0 Å². The molecule has 18 heavy (non-hydrogen) atoms. The van der Waals surface area contributed by atoms with Gasteiger partial charge in [-0.3, -0.25) is 14.5 Å². The quantitative estimate of drug-likeness (QED) is 0.809. The highest BCUT2D eigenvalue weighted by Crippen LogP contribution is 2.24. The van der Waals surface area contributed by atoms with Crippen LogP contribution in [0.3, 0.4) is 0 Å². The van der Waals surface area contributed by atoms with Gasteiger partial charge in [0, 0.05) is 25.1 Å². The molecule has 1 aromatic rings. The van der Waals surface area contributed by atoms with E-state index in [1.54, 1.807) is 6.92 Å². The molecule has 0 atom stereocenters. The average molecular weight is 247 g/mol. The fourth-order valence-corrected chi connectivity index (χ4v) is 2.30. The number of carboxylic acid groups (broad SMARTS) is 1. The predicted molar refractivity (Wildman–Crippen MR) is 67.4 cm³/mol. The van der Waals surface area contributed by atoms with Gasteiger partial charge in [-0.15, -0.1) is 0 Å². The van der Waals surface area contributed by atoms with Crippen LogP contribution in [-0.2, 0) is 17.9 Å². The van der Waals surface area contributed by atoms with Gasteiger partial charge in [-0.1, -0.05) is 12.1 Å². The molecule has 4 nitrogen and oxygen atoms in total. The van der Waals surface area contributed by atoms with Crippen LogP contribution in [0.15, 0.2) is 18.2 Å². The van der Waals surface area contributed by atoms with E-state index < -0.39 is 5.97 Å². The maximum absolute atomic E-state index is 11.3. The van der Waals surface area contributed by atoms with Crippen LogP contribution < -0.4 is 0 Å². The van der Waals surface area contributed by atoms with Crippen molar-refractivity contribution in [3.05, 3.63) is 34.9 Å². The number of hydrogen-bond acceptors (Lipinski definition) is 3. The Hall–Kier alpha value is -1.68. The molecular weight excluding hydrogens is 230 g/mol. The van der Waals surface area contributed by atoms with Crippen molar-refractivity contribution in [3.63, 3.8) is 0 Å². The van der Waals surface area contributed by atoms with Crippen LogP contribution in [-0.4, -0.2) is 28.3 Å². The Labute approximate surface area is 106 Å². The van der Waals surface area contributed by atoms with E-state index in [-0.39, 0.29) is 12.2 Å². The Morgan fingerprint density at radius 1 is 1.28 bits per heavy atom. The third-order valence-corrected chi connectivity index (χ3v) is 3.27. The van der Waals surface area contributed by atoms with Crippen LogP contribution in [0.4, 0.5) is 0 Å². The first-order valence-corrected chi connectivity index (χ1v) is 6.13. The van der Waals surface area contributed by atoms with Gasteiger partial charge in [0.2, 0.25) is 0 Å². The first kappa shape index (κ1) is 12.8. The summed E-state index contributed by atoms with van der Waals surface area (Å²) in [5, 5.41) is 8.60. The van der Waals surface area contributed by atoms with E-state index in [1.807, 2.05) is 18.2 Å². The summed E-state index contributed by atoms with van der Waals surface area (Å²) >= 11 is 0. The summed E-state index contributed by atoms with van der Waals surface area (Å²) in [6.07, 6.45) is 0.883. The lowest BCUT2D eigenvalue weighted by Gasteiger charge is -2.13. The Kier molecular flexibility index (Phi) is 3.77. The summed E-state index contributed by atoms with van der Waals surface area (Å²) in [6, 6.07) is 5.82. The van der Waals surface area contributed by atoms with Crippen molar-refractivity contribution in [1.82, 2.24) is 4.90 Å². The number of carbonyl (C=O) groups is 2. The molecule has 96 valence electrons. The molecule has 4 heteroatoms. The van der Waals surface area contributed by atoms with Crippen LogP contribution in [0.2, 0.25) is 0 Å². The molecular formula is C14H17NO3. The second kappa shape index (κ2) is 5.31.